The van der Waals surface area contributed by atoms with Gasteiger partial charge in [0.2, 0.25) is 0 Å². The van der Waals surface area contributed by atoms with Gasteiger partial charge >= 0.3 is 47.8 Å². The van der Waals surface area contributed by atoms with E-state index in [9.17, 15) is 38.4 Å². The maximum absolute atomic E-state index is 14.7. The van der Waals surface area contributed by atoms with Crippen molar-refractivity contribution in [2.75, 3.05) is 52.9 Å². The Morgan fingerprint density at radius 3 is 0.623 bits per heavy atom. The van der Waals surface area contributed by atoms with Crippen molar-refractivity contribution in [2.24, 2.45) is 0 Å². The zero-order chi connectivity index (χ0) is 86.4. The second kappa shape index (κ2) is 39.1. The molecule has 0 amide bonds. The minimum atomic E-state index is -0.950. The number of aromatic nitrogens is 4. The van der Waals surface area contributed by atoms with Crippen LogP contribution in [-0.2, 0) is 76.3 Å². The molecule has 5 aliphatic heterocycles. The number of H-pyrrole nitrogens is 4. The highest BCUT2D eigenvalue weighted by Crippen LogP contribution is 2.51. The maximum atomic E-state index is 14.7. The number of hydrogen-bond donors (Lipinski definition) is 4. The Morgan fingerprint density at radius 1 is 0.238 bits per heavy atom. The number of thioether (sulfide) groups is 1. The molecule has 16 rings (SSSR count). The highest BCUT2D eigenvalue weighted by molar-refractivity contribution is 8.07. The predicted molar refractivity (Wildman–Crippen MR) is 474 cm³/mol. The Balaban J connectivity index is 1.15. The maximum Gasteiger partial charge on any atom is 0.346 e. The van der Waals surface area contributed by atoms with Crippen LogP contribution in [0.2, 0.25) is 0 Å². The molecule has 5 aliphatic rings. The fourth-order valence-corrected chi connectivity index (χ4v) is 17.5. The van der Waals surface area contributed by atoms with Gasteiger partial charge < -0.3 is 57.8 Å². The molecule has 0 spiro atoms. The molecule has 1 saturated heterocycles. The SMILES string of the molecule is CCOC(=O)C(C(=O)OCC)=C1c2ccc(cc2)C(=C(C(=O)OCC)C(=O)OCC)c2ccc([nH]2)/C(c2ccc(C)cc2)=C2\CC/C(=C(/c3ccc(C)cc3)c3ccc([nH]3)C(=C(C(=O)OCC)C(=O)OCC)c3ccc(cc3)C(=C(C(=O)OCC)C(=O)OCC)c3ccc([nH]3)C(c3ccc(C)cc3)=c3ccc(s3)=C(c3ccc(C)cc3)c3ccc1[nH]3)S2. The molecule has 0 unspecified atom stereocenters. The van der Waals surface area contributed by atoms with E-state index in [1.54, 1.807) is 140 Å². The Hall–Kier alpha value is -13.6. The molecule has 0 saturated carbocycles. The molecule has 0 aliphatic carbocycles. The van der Waals surface area contributed by atoms with Crippen molar-refractivity contribution in [3.05, 3.63) is 360 Å². The lowest BCUT2D eigenvalue weighted by atomic mass is 9.92. The number of carbonyl (C=O) groups excluding carboxylic acids is 8. The fraction of sp³-hybridized carbons (Fsp3) is 0.220. The van der Waals surface area contributed by atoms with Crippen molar-refractivity contribution < 1.29 is 76.3 Å². The summed E-state index contributed by atoms with van der Waals surface area (Å²) in [4.78, 5) is 134. The summed E-state index contributed by atoms with van der Waals surface area (Å²) in [7, 11) is 0. The quantitative estimate of drug-likeness (QED) is 0.0181. The summed E-state index contributed by atoms with van der Waals surface area (Å²) in [5.74, 6) is -7.58. The number of allylic oxidation sites excluding steroid dienone is 2. The molecular formula is C100H94N4O16S2. The van der Waals surface area contributed by atoms with Crippen LogP contribution in [-0.4, -0.2) is 121 Å². The van der Waals surface area contributed by atoms with E-state index in [0.717, 1.165) is 85.7 Å². The van der Waals surface area contributed by atoms with Crippen LogP contribution in [0.3, 0.4) is 0 Å². The van der Waals surface area contributed by atoms with Crippen LogP contribution < -0.4 is 9.06 Å². The predicted octanol–water partition coefficient (Wildman–Crippen LogP) is 17.6. The summed E-state index contributed by atoms with van der Waals surface area (Å²) in [5.41, 5.74) is 14.4. The lowest BCUT2D eigenvalue weighted by Crippen LogP contribution is -2.21. The number of rotatable bonds is 20. The highest BCUT2D eigenvalue weighted by atomic mass is 32.2. The lowest BCUT2D eigenvalue weighted by molar-refractivity contribution is -0.148. The number of aromatic amines is 4. The summed E-state index contributed by atoms with van der Waals surface area (Å²) in [6.07, 6.45) is 1.07. The van der Waals surface area contributed by atoms with E-state index in [4.69, 9.17) is 37.9 Å². The van der Waals surface area contributed by atoms with Gasteiger partial charge in [0, 0.05) is 99.2 Å². The largest absolute Gasteiger partial charge is 0.462 e. The smallest absolute Gasteiger partial charge is 0.346 e. The Labute approximate surface area is 715 Å². The van der Waals surface area contributed by atoms with Crippen molar-refractivity contribution in [3.63, 3.8) is 0 Å². The van der Waals surface area contributed by atoms with Crippen LogP contribution in [0, 0.1) is 27.7 Å². The van der Waals surface area contributed by atoms with Crippen LogP contribution in [0.5, 0.6) is 0 Å². The van der Waals surface area contributed by atoms with Gasteiger partial charge in [-0.1, -0.05) is 180 Å². The Kier molecular flexibility index (Phi) is 27.6. The molecule has 1 fully saturated rings. The van der Waals surface area contributed by atoms with Crippen molar-refractivity contribution >= 4 is 115 Å². The van der Waals surface area contributed by atoms with Gasteiger partial charge in [0.15, 0.2) is 22.3 Å². The van der Waals surface area contributed by atoms with E-state index in [-0.39, 0.29) is 75.1 Å². The van der Waals surface area contributed by atoms with E-state index in [1.807, 2.05) is 161 Å². The number of hydrogen-bond acceptors (Lipinski definition) is 18. The van der Waals surface area contributed by atoms with E-state index >= 15 is 0 Å². The third-order valence-corrected chi connectivity index (χ3v) is 22.9. The molecular weight excluding hydrogens is 1580 g/mol. The van der Waals surface area contributed by atoms with Crippen LogP contribution >= 0.6 is 23.1 Å². The summed E-state index contributed by atoms with van der Waals surface area (Å²) in [6.45, 7) is 20.5. The first-order valence-electron chi connectivity index (χ1n) is 40.7. The molecule has 122 heavy (non-hydrogen) atoms. The molecule has 622 valence electrons. The number of thiophene rings is 1. The molecule has 0 atom stereocenters. The molecule has 22 heteroatoms. The highest BCUT2D eigenvalue weighted by Gasteiger charge is 2.36. The van der Waals surface area contributed by atoms with Crippen LogP contribution in [0.4, 0.5) is 0 Å². The number of benzene rings is 6. The third kappa shape index (κ3) is 18.6. The Bertz CT molecular complexity index is 5740. The molecule has 10 heterocycles. The lowest BCUT2D eigenvalue weighted by Gasteiger charge is -2.17. The second-order valence-corrected chi connectivity index (χ2v) is 30.9. The van der Waals surface area contributed by atoms with Crippen molar-refractivity contribution in [1.82, 2.24) is 19.9 Å². The van der Waals surface area contributed by atoms with Gasteiger partial charge in [-0.25, -0.2) is 38.4 Å². The number of ether oxygens (including phenoxy) is 8. The summed E-state index contributed by atoms with van der Waals surface area (Å²) in [5, 5.41) is 0. The summed E-state index contributed by atoms with van der Waals surface area (Å²) < 4.78 is 47.4. The van der Waals surface area contributed by atoms with E-state index < -0.39 is 70.0 Å². The normalized spacial score (nSPS) is 14.0. The first-order valence-corrected chi connectivity index (χ1v) is 42.4. The minimum absolute atomic E-state index is 0.0846. The Morgan fingerprint density at radius 2 is 0.418 bits per heavy atom. The van der Waals surface area contributed by atoms with Gasteiger partial charge in [-0.3, -0.25) is 0 Å². The summed E-state index contributed by atoms with van der Waals surface area (Å²) in [6, 6.07) is 64.7. The first-order chi connectivity index (χ1) is 59.1. The van der Waals surface area contributed by atoms with Gasteiger partial charge in [-0.05, 0) is 211 Å². The van der Waals surface area contributed by atoms with Gasteiger partial charge in [0.05, 0.1) is 52.9 Å². The molecule has 20 nitrogen and oxygen atoms in total. The fourth-order valence-electron chi connectivity index (χ4n) is 15.0. The average Bonchev–Trinajstić information content (AvgIpc) is 1.52. The molecule has 5 aromatic heterocycles. The van der Waals surface area contributed by atoms with Crippen LogP contribution in [0.1, 0.15) is 181 Å². The molecule has 4 N–H and O–H groups in total. The van der Waals surface area contributed by atoms with Crippen LogP contribution in [0.25, 0.3) is 44.6 Å². The molecule has 0 radical (unpaired) electrons. The van der Waals surface area contributed by atoms with E-state index in [2.05, 4.69) is 19.9 Å². The van der Waals surface area contributed by atoms with Gasteiger partial charge in [-0.15, -0.1) is 11.3 Å². The third-order valence-electron chi connectivity index (χ3n) is 20.5. The zero-order valence-corrected chi connectivity index (χ0v) is 71.7. The zero-order valence-electron chi connectivity index (χ0n) is 70.0. The molecule has 16 bridgehead atoms. The van der Waals surface area contributed by atoms with Gasteiger partial charge in [-0.2, -0.15) is 0 Å². The minimum Gasteiger partial charge on any atom is -0.462 e. The standard InChI is InChI=1S/C100H94N4O16S2/c1-13-113-93(105)89(94(106)114-14-2)85-65-37-39-66(40-38-65)86(90(95(107)115-15-3)96(108)116-16-4)74-50-46-70(102-74)83(63-33-25-59(11)26-34-63)79-55-56-80(122-79)84(64-35-27-60(12)28-36-64)72-48-52-76(104-72)88(92(99(111)119-19-7)100(112)120-20-8)68-43-41-67(42-44-68)87(91(97(109)117-17-5)98(110)118-18-6)75-51-47-71(103-75)82(62-31-23-58(10)24-32-62)78-54-53-77(121-78)81(69-45-49-73(85)101-69)61-29-21-57(9)22-30-61/h21-54,101-104H,13-20,55-56H2,1-12H3/b81-77?,82-78?,83-79+,84-80+. The number of esters is 8. The van der Waals surface area contributed by atoms with E-state index in [0.29, 0.717) is 80.6 Å². The number of nitrogens with one attached hydrogen (secondary N) is 4. The summed E-state index contributed by atoms with van der Waals surface area (Å²) >= 11 is 3.07. The second-order valence-electron chi connectivity index (χ2n) is 28.6. The topological polar surface area (TPSA) is 274 Å². The molecule has 11 aromatic rings. The van der Waals surface area contributed by atoms with Gasteiger partial charge in [0.1, 0.15) is 0 Å². The monoisotopic (exact) mass is 1670 g/mol. The number of aryl methyl sites for hydroxylation is 4. The first kappa shape index (κ1) is 86.3. The molecule has 6 aromatic carbocycles. The average molecular weight is 1670 g/mol. The van der Waals surface area contributed by atoms with Crippen molar-refractivity contribution in [1.29, 1.82) is 0 Å². The van der Waals surface area contributed by atoms with Gasteiger partial charge in [0.25, 0.3) is 0 Å². The van der Waals surface area contributed by atoms with Crippen molar-refractivity contribution in [3.8, 4) is 0 Å². The van der Waals surface area contributed by atoms with E-state index in [1.165, 1.54) is 11.3 Å². The van der Waals surface area contributed by atoms with Crippen molar-refractivity contribution in [2.45, 2.75) is 95.9 Å². The number of carbonyl (C=O) groups is 8. The van der Waals surface area contributed by atoms with Crippen LogP contribution in [0.15, 0.2) is 238 Å².